The molecule has 3 rings (SSSR count). The van der Waals surface area contributed by atoms with Gasteiger partial charge in [-0.2, -0.15) is 0 Å². The Labute approximate surface area is 202 Å². The summed E-state index contributed by atoms with van der Waals surface area (Å²) in [5.41, 5.74) is 1.09. The van der Waals surface area contributed by atoms with Crippen molar-refractivity contribution in [1.82, 2.24) is 25.4 Å². The van der Waals surface area contributed by atoms with E-state index in [9.17, 15) is 0 Å². The first-order chi connectivity index (χ1) is 14.7. The molecule has 2 N–H and O–H groups in total. The van der Waals surface area contributed by atoms with Crippen LogP contribution in [0.5, 0.6) is 5.75 Å². The molecule has 0 unspecified atom stereocenters. The Kier molecular flexibility index (Phi) is 11.1. The minimum atomic E-state index is 0. The van der Waals surface area contributed by atoms with Crippen LogP contribution in [-0.2, 0) is 24.9 Å². The van der Waals surface area contributed by atoms with Crippen LogP contribution < -0.4 is 15.4 Å². The molecule has 1 aromatic carbocycles. The Hall–Kier alpha value is -1.88. The molecule has 8 nitrogen and oxygen atoms in total. The number of hydrogen-bond donors (Lipinski definition) is 2. The summed E-state index contributed by atoms with van der Waals surface area (Å²) in [6.45, 7) is 8.09. The fourth-order valence-corrected chi connectivity index (χ4v) is 2.90. The van der Waals surface area contributed by atoms with E-state index in [1.807, 2.05) is 43.7 Å². The van der Waals surface area contributed by atoms with Gasteiger partial charge in [-0.05, 0) is 45.1 Å². The number of halogens is 1. The van der Waals surface area contributed by atoms with Gasteiger partial charge in [-0.25, -0.2) is 4.99 Å². The third-order valence-corrected chi connectivity index (χ3v) is 5.11. The van der Waals surface area contributed by atoms with Crippen LogP contribution in [0.2, 0.25) is 0 Å². The largest absolute Gasteiger partial charge is 0.493 e. The van der Waals surface area contributed by atoms with Crippen LogP contribution in [0.3, 0.4) is 0 Å². The Morgan fingerprint density at radius 2 is 2.03 bits per heavy atom. The lowest BCUT2D eigenvalue weighted by Crippen LogP contribution is -2.38. The van der Waals surface area contributed by atoms with Crippen molar-refractivity contribution in [2.24, 2.45) is 18.0 Å². The topological polar surface area (TPSA) is 85.6 Å². The van der Waals surface area contributed by atoms with E-state index in [2.05, 4.69) is 26.9 Å². The minimum absolute atomic E-state index is 0. The summed E-state index contributed by atoms with van der Waals surface area (Å²) in [5, 5.41) is 15.1. The molecule has 1 saturated carbocycles. The van der Waals surface area contributed by atoms with Crippen LogP contribution in [0.4, 0.5) is 0 Å². The number of aromatic nitrogens is 3. The first-order valence-electron chi connectivity index (χ1n) is 10.8. The molecule has 9 heteroatoms. The Morgan fingerprint density at radius 1 is 1.23 bits per heavy atom. The van der Waals surface area contributed by atoms with E-state index in [1.165, 1.54) is 12.8 Å². The Balaban J connectivity index is 0.00000341. The number of para-hydroxylation sites is 1. The molecule has 0 aliphatic heterocycles. The van der Waals surface area contributed by atoms with Gasteiger partial charge in [0, 0.05) is 32.4 Å². The molecule has 1 fully saturated rings. The molecule has 2 aromatic rings. The number of guanidine groups is 1. The molecule has 31 heavy (non-hydrogen) atoms. The van der Waals surface area contributed by atoms with Crippen molar-refractivity contribution in [3.63, 3.8) is 0 Å². The van der Waals surface area contributed by atoms with Gasteiger partial charge < -0.3 is 24.7 Å². The molecule has 0 bridgehead atoms. The summed E-state index contributed by atoms with van der Waals surface area (Å²) in [6.07, 6.45) is 3.47. The number of nitrogens with one attached hydrogen (secondary N) is 2. The van der Waals surface area contributed by atoms with Crippen LogP contribution >= 0.6 is 24.0 Å². The van der Waals surface area contributed by atoms with E-state index in [-0.39, 0.29) is 24.0 Å². The number of hydrogen-bond acceptors (Lipinski definition) is 5. The Morgan fingerprint density at radius 3 is 2.74 bits per heavy atom. The molecule has 172 valence electrons. The van der Waals surface area contributed by atoms with Crippen LogP contribution in [0.1, 0.15) is 43.4 Å². The fourth-order valence-electron chi connectivity index (χ4n) is 2.90. The van der Waals surface area contributed by atoms with Crippen LogP contribution in [0.15, 0.2) is 29.3 Å². The highest BCUT2D eigenvalue weighted by Crippen LogP contribution is 2.30. The number of nitrogens with zero attached hydrogens (tertiary/aromatic N) is 4. The first kappa shape index (κ1) is 25.4. The van der Waals surface area contributed by atoms with E-state index in [0.29, 0.717) is 13.1 Å². The van der Waals surface area contributed by atoms with Crippen molar-refractivity contribution in [3.05, 3.63) is 41.5 Å². The molecule has 1 aliphatic rings. The van der Waals surface area contributed by atoms with Crippen molar-refractivity contribution < 1.29 is 9.47 Å². The van der Waals surface area contributed by atoms with Crippen LogP contribution in [0.25, 0.3) is 0 Å². The monoisotopic (exact) mass is 542 g/mol. The molecular weight excluding hydrogens is 507 g/mol. The molecule has 1 aliphatic carbocycles. The molecule has 0 atom stereocenters. The number of aryl methyl sites for hydroxylation is 1. The summed E-state index contributed by atoms with van der Waals surface area (Å²) in [4.78, 5) is 4.78. The predicted molar refractivity (Wildman–Crippen MR) is 133 cm³/mol. The van der Waals surface area contributed by atoms with Crippen LogP contribution in [-0.4, -0.2) is 47.1 Å². The quantitative estimate of drug-likeness (QED) is 0.186. The van der Waals surface area contributed by atoms with E-state index in [4.69, 9.17) is 14.5 Å². The second kappa shape index (κ2) is 13.5. The van der Waals surface area contributed by atoms with E-state index in [1.54, 1.807) is 0 Å². The van der Waals surface area contributed by atoms with Crippen molar-refractivity contribution in [1.29, 1.82) is 0 Å². The molecular formula is C22H35IN6O2. The molecule has 1 aromatic heterocycles. The second-order valence-electron chi connectivity index (χ2n) is 7.58. The SMILES string of the molecule is CCOCCCNC(=NCc1ccccc1OCC1CC1)NCc1nnc(C)n1C.I. The minimum Gasteiger partial charge on any atom is -0.493 e. The third-order valence-electron chi connectivity index (χ3n) is 5.11. The lowest BCUT2D eigenvalue weighted by atomic mass is 10.2. The number of aliphatic imine (C=N–C) groups is 1. The standard InChI is InChI=1S/C22H34N6O2.HI/c1-4-29-13-7-12-23-22(25-15-21-27-26-17(2)28(21)3)24-14-19-8-5-6-9-20(19)30-16-18-10-11-18;/h5-6,8-9,18H,4,7,10-16H2,1-3H3,(H2,23,24,25);1H. The predicted octanol–water partition coefficient (Wildman–Crippen LogP) is 3.19. The average molecular weight is 542 g/mol. The zero-order chi connectivity index (χ0) is 21.2. The maximum absolute atomic E-state index is 6.02. The molecule has 1 heterocycles. The Bertz CT molecular complexity index is 822. The van der Waals surface area contributed by atoms with Crippen molar-refractivity contribution in [3.8, 4) is 5.75 Å². The summed E-state index contributed by atoms with van der Waals surface area (Å²) in [5.74, 6) is 4.14. The van der Waals surface area contributed by atoms with Gasteiger partial charge in [-0.1, -0.05) is 18.2 Å². The van der Waals surface area contributed by atoms with E-state index < -0.39 is 0 Å². The van der Waals surface area contributed by atoms with Gasteiger partial charge in [-0.15, -0.1) is 34.2 Å². The average Bonchev–Trinajstić information content (AvgIpc) is 3.54. The lowest BCUT2D eigenvalue weighted by molar-refractivity contribution is 0.145. The van der Waals surface area contributed by atoms with Gasteiger partial charge >= 0.3 is 0 Å². The van der Waals surface area contributed by atoms with Crippen molar-refractivity contribution >= 4 is 29.9 Å². The van der Waals surface area contributed by atoms with Crippen molar-refractivity contribution in [2.75, 3.05) is 26.4 Å². The second-order valence-corrected chi connectivity index (χ2v) is 7.58. The number of rotatable bonds is 12. The summed E-state index contributed by atoms with van der Waals surface area (Å²) in [7, 11) is 1.96. The zero-order valence-corrected chi connectivity index (χ0v) is 21.1. The third kappa shape index (κ3) is 8.64. The lowest BCUT2D eigenvalue weighted by Gasteiger charge is -2.14. The van der Waals surface area contributed by atoms with E-state index >= 15 is 0 Å². The van der Waals surface area contributed by atoms with Crippen LogP contribution in [0, 0.1) is 12.8 Å². The zero-order valence-electron chi connectivity index (χ0n) is 18.8. The van der Waals surface area contributed by atoms with Gasteiger partial charge in [0.15, 0.2) is 11.8 Å². The maximum Gasteiger partial charge on any atom is 0.191 e. The molecule has 0 saturated heterocycles. The fraction of sp³-hybridized carbons (Fsp3) is 0.591. The smallest absolute Gasteiger partial charge is 0.191 e. The first-order valence-corrected chi connectivity index (χ1v) is 10.8. The summed E-state index contributed by atoms with van der Waals surface area (Å²) >= 11 is 0. The van der Waals surface area contributed by atoms with Gasteiger partial charge in [0.2, 0.25) is 0 Å². The molecule has 0 amide bonds. The highest BCUT2D eigenvalue weighted by molar-refractivity contribution is 14.0. The summed E-state index contributed by atoms with van der Waals surface area (Å²) in [6, 6.07) is 8.14. The normalized spacial score (nSPS) is 13.6. The van der Waals surface area contributed by atoms with Gasteiger partial charge in [0.25, 0.3) is 0 Å². The highest BCUT2D eigenvalue weighted by atomic mass is 127. The number of ether oxygens (including phenoxy) is 2. The molecule has 0 spiro atoms. The molecule has 0 radical (unpaired) electrons. The highest BCUT2D eigenvalue weighted by Gasteiger charge is 2.22. The van der Waals surface area contributed by atoms with E-state index in [0.717, 1.165) is 67.6 Å². The summed E-state index contributed by atoms with van der Waals surface area (Å²) < 4.78 is 13.4. The number of benzene rings is 1. The van der Waals surface area contributed by atoms with Gasteiger partial charge in [0.05, 0.1) is 19.7 Å². The van der Waals surface area contributed by atoms with Crippen molar-refractivity contribution in [2.45, 2.75) is 46.2 Å². The van der Waals surface area contributed by atoms with Gasteiger partial charge in [0.1, 0.15) is 11.6 Å². The maximum atomic E-state index is 6.02. The van der Waals surface area contributed by atoms with Gasteiger partial charge in [-0.3, -0.25) is 0 Å².